The van der Waals surface area contributed by atoms with Crippen molar-refractivity contribution >= 4 is 23.6 Å². The number of benzene rings is 1. The van der Waals surface area contributed by atoms with E-state index in [1.807, 2.05) is 0 Å². The lowest BCUT2D eigenvalue weighted by atomic mass is 10.1. The molecule has 1 atom stereocenters. The number of hydrogen-bond acceptors (Lipinski definition) is 8. The van der Waals surface area contributed by atoms with Crippen LogP contribution in [0.25, 0.3) is 0 Å². The van der Waals surface area contributed by atoms with E-state index >= 15 is 0 Å². The molecule has 1 aromatic rings. The summed E-state index contributed by atoms with van der Waals surface area (Å²) in [6.45, 7) is 1.80. The van der Waals surface area contributed by atoms with Gasteiger partial charge in [-0.1, -0.05) is 0 Å². The third kappa shape index (κ3) is 3.82. The van der Waals surface area contributed by atoms with Gasteiger partial charge in [-0.3, -0.25) is 10.1 Å². The Morgan fingerprint density at radius 2 is 1.96 bits per heavy atom. The van der Waals surface area contributed by atoms with Crippen molar-refractivity contribution in [1.29, 1.82) is 0 Å². The number of hydrogen-bond donors (Lipinski definition) is 0. The van der Waals surface area contributed by atoms with Crippen LogP contribution in [0.5, 0.6) is 0 Å². The standard InChI is InChI=1S/C14H13NO8/c1-2-21-12(16)8-5-9(7-10(6-8)15(19)20)13(17)23-11-3-4-22-14(11)18/h5-7,11H,2-4H2,1H3/t11-/m1/s1. The van der Waals surface area contributed by atoms with E-state index in [0.717, 1.165) is 18.2 Å². The molecule has 0 aromatic heterocycles. The van der Waals surface area contributed by atoms with Crippen LogP contribution in [0, 0.1) is 10.1 Å². The summed E-state index contributed by atoms with van der Waals surface area (Å²) in [7, 11) is 0. The summed E-state index contributed by atoms with van der Waals surface area (Å²) in [5.74, 6) is -2.43. The first-order chi connectivity index (χ1) is 10.9. The quantitative estimate of drug-likeness (QED) is 0.343. The van der Waals surface area contributed by atoms with Crippen molar-refractivity contribution in [2.45, 2.75) is 19.4 Å². The van der Waals surface area contributed by atoms with Crippen LogP contribution >= 0.6 is 0 Å². The van der Waals surface area contributed by atoms with Gasteiger partial charge in [0, 0.05) is 18.6 Å². The van der Waals surface area contributed by atoms with Gasteiger partial charge in [-0.25, -0.2) is 14.4 Å². The summed E-state index contributed by atoms with van der Waals surface area (Å²) >= 11 is 0. The number of nitrogens with zero attached hydrogens (tertiary/aromatic N) is 1. The second-order valence-electron chi connectivity index (χ2n) is 4.60. The highest BCUT2D eigenvalue weighted by molar-refractivity contribution is 5.97. The SMILES string of the molecule is CCOC(=O)c1cc(C(=O)O[C@@H]2CCOC2=O)cc([N+](=O)[O-])c1. The second-order valence-corrected chi connectivity index (χ2v) is 4.60. The average Bonchev–Trinajstić information content (AvgIpc) is 2.92. The van der Waals surface area contributed by atoms with E-state index in [9.17, 15) is 24.5 Å². The molecule has 9 nitrogen and oxygen atoms in total. The lowest BCUT2D eigenvalue weighted by Crippen LogP contribution is -2.23. The largest absolute Gasteiger partial charge is 0.463 e. The van der Waals surface area contributed by atoms with E-state index in [1.54, 1.807) is 6.92 Å². The van der Waals surface area contributed by atoms with E-state index < -0.39 is 34.6 Å². The second kappa shape index (κ2) is 6.86. The molecule has 1 heterocycles. The molecule has 9 heteroatoms. The minimum Gasteiger partial charge on any atom is -0.463 e. The maximum Gasteiger partial charge on any atom is 0.347 e. The molecule has 0 unspecified atom stereocenters. The van der Waals surface area contributed by atoms with Gasteiger partial charge < -0.3 is 14.2 Å². The van der Waals surface area contributed by atoms with Crippen LogP contribution in [0.1, 0.15) is 34.1 Å². The van der Waals surface area contributed by atoms with Gasteiger partial charge in [0.2, 0.25) is 6.10 Å². The van der Waals surface area contributed by atoms with Crippen LogP contribution < -0.4 is 0 Å². The van der Waals surface area contributed by atoms with Crippen molar-refractivity contribution in [3.8, 4) is 0 Å². The Bertz CT molecular complexity index is 669. The van der Waals surface area contributed by atoms with Crippen molar-refractivity contribution in [2.24, 2.45) is 0 Å². The Morgan fingerprint density at radius 1 is 1.30 bits per heavy atom. The average molecular weight is 323 g/mol. The first-order valence-corrected chi connectivity index (χ1v) is 6.76. The minimum absolute atomic E-state index is 0.0786. The summed E-state index contributed by atoms with van der Waals surface area (Å²) < 4.78 is 14.4. The topological polar surface area (TPSA) is 122 Å². The minimum atomic E-state index is -1.05. The smallest absolute Gasteiger partial charge is 0.347 e. The number of ether oxygens (including phenoxy) is 3. The van der Waals surface area contributed by atoms with Gasteiger partial charge in [0.05, 0.1) is 29.3 Å². The van der Waals surface area contributed by atoms with Gasteiger partial charge in [-0.15, -0.1) is 0 Å². The molecule has 0 radical (unpaired) electrons. The molecule has 2 rings (SSSR count). The first kappa shape index (κ1) is 16.4. The molecule has 0 N–H and O–H groups in total. The van der Waals surface area contributed by atoms with E-state index in [-0.39, 0.29) is 30.8 Å². The normalized spacial score (nSPS) is 16.6. The van der Waals surface area contributed by atoms with E-state index in [0.29, 0.717) is 0 Å². The third-order valence-electron chi connectivity index (χ3n) is 3.01. The molecular weight excluding hydrogens is 310 g/mol. The van der Waals surface area contributed by atoms with E-state index in [4.69, 9.17) is 9.47 Å². The van der Waals surface area contributed by atoms with Gasteiger partial charge in [0.1, 0.15) is 0 Å². The fourth-order valence-electron chi connectivity index (χ4n) is 1.95. The lowest BCUT2D eigenvalue weighted by Gasteiger charge is -2.09. The molecule has 0 amide bonds. The third-order valence-corrected chi connectivity index (χ3v) is 3.01. The molecule has 1 aromatic carbocycles. The van der Waals surface area contributed by atoms with Crippen LogP contribution in [0.4, 0.5) is 5.69 Å². The number of nitro benzene ring substituents is 1. The van der Waals surface area contributed by atoms with Gasteiger partial charge in [-0.05, 0) is 13.0 Å². The summed E-state index contributed by atoms with van der Waals surface area (Å²) in [5, 5.41) is 10.9. The fourth-order valence-corrected chi connectivity index (χ4v) is 1.95. The summed E-state index contributed by atoms with van der Waals surface area (Å²) in [5.41, 5.74) is -0.833. The van der Waals surface area contributed by atoms with Crippen molar-refractivity contribution < 1.29 is 33.5 Å². The highest BCUT2D eigenvalue weighted by Gasteiger charge is 2.31. The number of rotatable bonds is 5. The number of cyclic esters (lactones) is 1. The van der Waals surface area contributed by atoms with Crippen molar-refractivity contribution in [1.82, 2.24) is 0 Å². The number of carbonyl (C=O) groups excluding carboxylic acids is 3. The maximum absolute atomic E-state index is 12.0. The molecule has 0 spiro atoms. The van der Waals surface area contributed by atoms with Crippen LogP contribution in [0.2, 0.25) is 0 Å². The molecule has 0 bridgehead atoms. The van der Waals surface area contributed by atoms with Crippen molar-refractivity contribution in [3.63, 3.8) is 0 Å². The van der Waals surface area contributed by atoms with Crippen LogP contribution in [-0.4, -0.2) is 42.1 Å². The zero-order valence-electron chi connectivity index (χ0n) is 12.1. The predicted molar refractivity (Wildman–Crippen MR) is 73.8 cm³/mol. The number of non-ortho nitro benzene ring substituents is 1. The highest BCUT2D eigenvalue weighted by atomic mass is 16.6. The van der Waals surface area contributed by atoms with Crippen molar-refractivity contribution in [3.05, 3.63) is 39.4 Å². The molecule has 1 aliphatic heterocycles. The Morgan fingerprint density at radius 3 is 2.48 bits per heavy atom. The zero-order chi connectivity index (χ0) is 17.0. The summed E-state index contributed by atoms with van der Waals surface area (Å²) in [4.78, 5) is 45.2. The first-order valence-electron chi connectivity index (χ1n) is 6.76. The zero-order valence-corrected chi connectivity index (χ0v) is 12.1. The molecule has 0 aliphatic carbocycles. The lowest BCUT2D eigenvalue weighted by molar-refractivity contribution is -0.384. The number of esters is 3. The molecule has 23 heavy (non-hydrogen) atoms. The van der Waals surface area contributed by atoms with Gasteiger partial charge in [-0.2, -0.15) is 0 Å². The Kier molecular flexibility index (Phi) is 4.89. The van der Waals surface area contributed by atoms with Crippen molar-refractivity contribution in [2.75, 3.05) is 13.2 Å². The fraction of sp³-hybridized carbons (Fsp3) is 0.357. The van der Waals surface area contributed by atoms with Gasteiger partial charge >= 0.3 is 17.9 Å². The summed E-state index contributed by atoms with van der Waals surface area (Å²) in [6, 6.07) is 3.08. The monoisotopic (exact) mass is 323 g/mol. The predicted octanol–water partition coefficient (Wildman–Crippen LogP) is 1.24. The number of nitro groups is 1. The molecular formula is C14H13NO8. The van der Waals surface area contributed by atoms with E-state index in [2.05, 4.69) is 4.74 Å². The Labute approximate surface area is 130 Å². The Hall–Kier alpha value is -2.97. The van der Waals surface area contributed by atoms with Crippen LogP contribution in [0.3, 0.4) is 0 Å². The maximum atomic E-state index is 12.0. The molecule has 1 aliphatic rings. The van der Waals surface area contributed by atoms with Gasteiger partial charge in [0.15, 0.2) is 0 Å². The Balaban J connectivity index is 2.28. The summed E-state index contributed by atoms with van der Waals surface area (Å²) in [6.07, 6.45) is -0.836. The van der Waals surface area contributed by atoms with Crippen LogP contribution in [-0.2, 0) is 19.0 Å². The van der Waals surface area contributed by atoms with E-state index in [1.165, 1.54) is 0 Å². The molecule has 1 saturated heterocycles. The molecule has 1 fully saturated rings. The molecule has 122 valence electrons. The molecule has 0 saturated carbocycles. The highest BCUT2D eigenvalue weighted by Crippen LogP contribution is 2.20. The number of carbonyl (C=O) groups is 3. The van der Waals surface area contributed by atoms with Gasteiger partial charge in [0.25, 0.3) is 5.69 Å². The van der Waals surface area contributed by atoms with Crippen LogP contribution in [0.15, 0.2) is 18.2 Å².